The lowest BCUT2D eigenvalue weighted by molar-refractivity contribution is -0.142. The minimum Gasteiger partial charge on any atom is -0.465 e. The molecule has 4 nitrogen and oxygen atoms in total. The highest BCUT2D eigenvalue weighted by Gasteiger charge is 2.10. The summed E-state index contributed by atoms with van der Waals surface area (Å²) in [5.41, 5.74) is 1.07. The van der Waals surface area contributed by atoms with Gasteiger partial charge in [-0.25, -0.2) is 0 Å². The minimum atomic E-state index is -0.373. The second kappa shape index (κ2) is 7.42. The van der Waals surface area contributed by atoms with Crippen LogP contribution in [0, 0.1) is 11.3 Å². The van der Waals surface area contributed by atoms with Crippen molar-refractivity contribution in [3.63, 3.8) is 0 Å². The number of esters is 1. The van der Waals surface area contributed by atoms with Crippen molar-refractivity contribution in [3.05, 3.63) is 35.9 Å². The van der Waals surface area contributed by atoms with Gasteiger partial charge in [-0.1, -0.05) is 30.3 Å². The Kier molecular flexibility index (Phi) is 5.76. The van der Waals surface area contributed by atoms with E-state index in [4.69, 9.17) is 10.00 Å². The van der Waals surface area contributed by atoms with Crippen LogP contribution >= 0.6 is 0 Å². The van der Waals surface area contributed by atoms with Crippen molar-refractivity contribution in [2.24, 2.45) is 0 Å². The maximum atomic E-state index is 11.1. The van der Waals surface area contributed by atoms with Crippen LogP contribution in [0.1, 0.15) is 12.5 Å². The molecule has 0 saturated heterocycles. The summed E-state index contributed by atoms with van der Waals surface area (Å²) in [5, 5.41) is 11.8. The lowest BCUT2D eigenvalue weighted by Gasteiger charge is -2.10. The molecule has 0 aliphatic heterocycles. The largest absolute Gasteiger partial charge is 0.465 e. The van der Waals surface area contributed by atoms with Gasteiger partial charge in [0.05, 0.1) is 25.3 Å². The smallest absolute Gasteiger partial charge is 0.319 e. The Bertz CT molecular complexity index is 384. The van der Waals surface area contributed by atoms with Crippen LogP contribution < -0.4 is 5.32 Å². The minimum absolute atomic E-state index is 0.0684. The normalized spacial score (nSPS) is 11.5. The fourth-order valence-electron chi connectivity index (χ4n) is 1.43. The second-order valence-corrected chi connectivity index (χ2v) is 3.56. The van der Waals surface area contributed by atoms with Gasteiger partial charge in [-0.3, -0.25) is 10.1 Å². The van der Waals surface area contributed by atoms with Gasteiger partial charge in [0, 0.05) is 6.42 Å². The van der Waals surface area contributed by atoms with E-state index in [0.29, 0.717) is 13.0 Å². The van der Waals surface area contributed by atoms with Gasteiger partial charge in [0.25, 0.3) is 0 Å². The van der Waals surface area contributed by atoms with E-state index in [1.807, 2.05) is 30.3 Å². The number of carbonyl (C=O) groups is 1. The van der Waals surface area contributed by atoms with Crippen molar-refractivity contribution < 1.29 is 9.53 Å². The predicted octanol–water partition coefficient (Wildman–Crippen LogP) is 1.27. The van der Waals surface area contributed by atoms with Gasteiger partial charge in [0.1, 0.15) is 0 Å². The summed E-state index contributed by atoms with van der Waals surface area (Å²) >= 11 is 0. The fourth-order valence-corrected chi connectivity index (χ4v) is 1.43. The molecule has 0 aliphatic carbocycles. The molecule has 4 heteroatoms. The molecule has 17 heavy (non-hydrogen) atoms. The monoisotopic (exact) mass is 232 g/mol. The van der Waals surface area contributed by atoms with Crippen LogP contribution in [0.3, 0.4) is 0 Å². The first-order valence-electron chi connectivity index (χ1n) is 5.58. The van der Waals surface area contributed by atoms with E-state index in [2.05, 4.69) is 11.4 Å². The molecule has 1 aromatic rings. The number of nitriles is 1. The third kappa shape index (κ3) is 5.14. The average Bonchev–Trinajstić information content (AvgIpc) is 2.36. The summed E-state index contributed by atoms with van der Waals surface area (Å²) in [6, 6.07) is 11.4. The van der Waals surface area contributed by atoms with Crippen LogP contribution in [0.2, 0.25) is 0 Å². The number of rotatable bonds is 6. The standard InChI is InChI=1S/C13H16N2O2/c1-2-17-13(16)10-15-12(9-14)8-11-6-4-3-5-7-11/h3-7,12,15H,2,8,10H2,1H3. The average molecular weight is 232 g/mol. The zero-order valence-corrected chi connectivity index (χ0v) is 9.85. The Morgan fingerprint density at radius 3 is 2.76 bits per heavy atom. The van der Waals surface area contributed by atoms with Crippen molar-refractivity contribution in [1.82, 2.24) is 5.32 Å². The third-order valence-electron chi connectivity index (χ3n) is 2.24. The van der Waals surface area contributed by atoms with Gasteiger partial charge < -0.3 is 4.74 Å². The van der Waals surface area contributed by atoms with E-state index in [0.717, 1.165) is 5.56 Å². The predicted molar refractivity (Wildman–Crippen MR) is 64.2 cm³/mol. The van der Waals surface area contributed by atoms with Crippen molar-refractivity contribution in [3.8, 4) is 6.07 Å². The Morgan fingerprint density at radius 1 is 1.47 bits per heavy atom. The molecule has 1 aromatic carbocycles. The topological polar surface area (TPSA) is 62.1 Å². The van der Waals surface area contributed by atoms with Crippen molar-refractivity contribution in [2.45, 2.75) is 19.4 Å². The SMILES string of the molecule is CCOC(=O)CNC(C#N)Cc1ccccc1. The number of hydrogen-bond acceptors (Lipinski definition) is 4. The Morgan fingerprint density at radius 2 is 2.18 bits per heavy atom. The number of ether oxygens (including phenoxy) is 1. The molecular weight excluding hydrogens is 216 g/mol. The molecule has 0 aliphatic rings. The number of carbonyl (C=O) groups excluding carboxylic acids is 1. The van der Waals surface area contributed by atoms with Crippen LogP contribution in [0.15, 0.2) is 30.3 Å². The van der Waals surface area contributed by atoms with E-state index in [1.54, 1.807) is 6.92 Å². The molecule has 1 rings (SSSR count). The summed E-state index contributed by atoms with van der Waals surface area (Å²) in [4.78, 5) is 11.1. The molecule has 1 atom stereocenters. The number of nitrogens with zero attached hydrogens (tertiary/aromatic N) is 1. The Hall–Kier alpha value is -1.86. The van der Waals surface area contributed by atoms with Crippen molar-refractivity contribution >= 4 is 5.97 Å². The number of hydrogen-bond donors (Lipinski definition) is 1. The first-order chi connectivity index (χ1) is 8.26. The highest BCUT2D eigenvalue weighted by atomic mass is 16.5. The van der Waals surface area contributed by atoms with Crippen molar-refractivity contribution in [1.29, 1.82) is 5.26 Å². The first-order valence-corrected chi connectivity index (χ1v) is 5.58. The molecule has 1 N–H and O–H groups in total. The molecule has 0 amide bonds. The van der Waals surface area contributed by atoms with Crippen LogP contribution in [0.4, 0.5) is 0 Å². The Balaban J connectivity index is 2.40. The molecular formula is C13H16N2O2. The van der Waals surface area contributed by atoms with Crippen LogP contribution in [-0.4, -0.2) is 25.2 Å². The first kappa shape index (κ1) is 13.2. The zero-order chi connectivity index (χ0) is 12.5. The van der Waals surface area contributed by atoms with Gasteiger partial charge in [0.2, 0.25) is 0 Å². The molecule has 0 fully saturated rings. The lowest BCUT2D eigenvalue weighted by atomic mass is 10.1. The van der Waals surface area contributed by atoms with E-state index in [1.165, 1.54) is 0 Å². The molecule has 0 aromatic heterocycles. The zero-order valence-electron chi connectivity index (χ0n) is 9.85. The summed E-state index contributed by atoms with van der Waals surface area (Å²) in [6.45, 7) is 2.18. The van der Waals surface area contributed by atoms with Gasteiger partial charge >= 0.3 is 5.97 Å². The quantitative estimate of drug-likeness (QED) is 0.750. The van der Waals surface area contributed by atoms with Crippen molar-refractivity contribution in [2.75, 3.05) is 13.2 Å². The van der Waals surface area contributed by atoms with E-state index in [9.17, 15) is 4.79 Å². The molecule has 1 unspecified atom stereocenters. The molecule has 0 heterocycles. The summed E-state index contributed by atoms with van der Waals surface area (Å²) in [6.07, 6.45) is 0.580. The number of nitrogens with one attached hydrogen (secondary N) is 1. The maximum absolute atomic E-state index is 11.1. The van der Waals surface area contributed by atoms with Crippen LogP contribution in [-0.2, 0) is 16.0 Å². The summed E-state index contributed by atoms with van der Waals surface area (Å²) in [7, 11) is 0. The van der Waals surface area contributed by atoms with Crippen LogP contribution in [0.25, 0.3) is 0 Å². The van der Waals surface area contributed by atoms with E-state index < -0.39 is 0 Å². The molecule has 0 radical (unpaired) electrons. The van der Waals surface area contributed by atoms with Gasteiger partial charge in [-0.2, -0.15) is 5.26 Å². The maximum Gasteiger partial charge on any atom is 0.319 e. The molecule has 90 valence electrons. The van der Waals surface area contributed by atoms with E-state index in [-0.39, 0.29) is 18.6 Å². The lowest BCUT2D eigenvalue weighted by Crippen LogP contribution is -2.35. The van der Waals surface area contributed by atoms with Gasteiger partial charge in [-0.15, -0.1) is 0 Å². The number of benzene rings is 1. The highest BCUT2D eigenvalue weighted by Crippen LogP contribution is 2.02. The molecule has 0 bridgehead atoms. The third-order valence-corrected chi connectivity index (χ3v) is 2.24. The summed E-state index contributed by atoms with van der Waals surface area (Å²) in [5.74, 6) is -0.333. The van der Waals surface area contributed by atoms with Gasteiger partial charge in [-0.05, 0) is 12.5 Å². The molecule has 0 saturated carbocycles. The van der Waals surface area contributed by atoms with Crippen LogP contribution in [0.5, 0.6) is 0 Å². The van der Waals surface area contributed by atoms with E-state index >= 15 is 0 Å². The fraction of sp³-hybridized carbons (Fsp3) is 0.385. The highest BCUT2D eigenvalue weighted by molar-refractivity contribution is 5.71. The Labute approximate surface area is 101 Å². The van der Waals surface area contributed by atoms with Gasteiger partial charge in [0.15, 0.2) is 0 Å². The summed E-state index contributed by atoms with van der Waals surface area (Å²) < 4.78 is 4.78. The second-order valence-electron chi connectivity index (χ2n) is 3.56. The molecule has 0 spiro atoms.